The second-order valence-electron chi connectivity index (χ2n) is 5.36. The molecule has 6 heteroatoms. The predicted octanol–water partition coefficient (Wildman–Crippen LogP) is 3.76. The SMILES string of the molecule is C[C@@H](NC(=O)c1csc(-c2ccc(Cl)cc2)n1)[C@H]1CCCO1. The smallest absolute Gasteiger partial charge is 0.271 e. The van der Waals surface area contributed by atoms with Gasteiger partial charge < -0.3 is 10.1 Å². The Kier molecular flexibility index (Phi) is 4.76. The topological polar surface area (TPSA) is 51.2 Å². The van der Waals surface area contributed by atoms with Crippen LogP contribution in [0.2, 0.25) is 5.02 Å². The lowest BCUT2D eigenvalue weighted by molar-refractivity contribution is 0.0710. The molecule has 1 aromatic carbocycles. The highest BCUT2D eigenvalue weighted by atomic mass is 35.5. The summed E-state index contributed by atoms with van der Waals surface area (Å²) in [4.78, 5) is 16.7. The Bertz CT molecular complexity index is 650. The fourth-order valence-electron chi connectivity index (χ4n) is 2.47. The van der Waals surface area contributed by atoms with Gasteiger partial charge in [-0.3, -0.25) is 4.79 Å². The number of halogens is 1. The van der Waals surface area contributed by atoms with Gasteiger partial charge in [0.1, 0.15) is 10.7 Å². The monoisotopic (exact) mass is 336 g/mol. The summed E-state index contributed by atoms with van der Waals surface area (Å²) in [7, 11) is 0. The maximum atomic E-state index is 12.3. The van der Waals surface area contributed by atoms with E-state index in [1.54, 1.807) is 5.38 Å². The largest absolute Gasteiger partial charge is 0.376 e. The molecule has 0 unspecified atom stereocenters. The standard InChI is InChI=1S/C16H17ClN2O2S/c1-10(14-3-2-8-21-14)18-15(20)13-9-22-16(19-13)11-4-6-12(17)7-5-11/h4-7,9-10,14H,2-3,8H2,1H3,(H,18,20)/t10-,14-/m1/s1. The number of rotatable bonds is 4. The summed E-state index contributed by atoms with van der Waals surface area (Å²) in [5, 5.41) is 6.25. The van der Waals surface area contributed by atoms with Gasteiger partial charge in [0, 0.05) is 22.6 Å². The number of carbonyl (C=O) groups excluding carboxylic acids is 1. The third kappa shape index (κ3) is 3.48. The van der Waals surface area contributed by atoms with Crippen molar-refractivity contribution in [1.29, 1.82) is 0 Å². The van der Waals surface area contributed by atoms with Crippen molar-refractivity contribution in [2.45, 2.75) is 31.9 Å². The first-order chi connectivity index (χ1) is 10.6. The van der Waals surface area contributed by atoms with Crippen LogP contribution in [0.1, 0.15) is 30.3 Å². The Morgan fingerprint density at radius 3 is 2.91 bits per heavy atom. The minimum absolute atomic E-state index is 0.00400. The quantitative estimate of drug-likeness (QED) is 0.924. The van der Waals surface area contributed by atoms with Crippen molar-refractivity contribution < 1.29 is 9.53 Å². The molecular formula is C16H17ClN2O2S. The molecule has 0 aliphatic carbocycles. The van der Waals surface area contributed by atoms with Crippen molar-refractivity contribution in [2.75, 3.05) is 6.61 Å². The second-order valence-corrected chi connectivity index (χ2v) is 6.65. The Labute approximate surface area is 138 Å². The van der Waals surface area contributed by atoms with Crippen LogP contribution in [0.5, 0.6) is 0 Å². The zero-order chi connectivity index (χ0) is 15.5. The van der Waals surface area contributed by atoms with E-state index in [4.69, 9.17) is 16.3 Å². The van der Waals surface area contributed by atoms with Crippen LogP contribution >= 0.6 is 22.9 Å². The van der Waals surface area contributed by atoms with Crippen LogP contribution in [0, 0.1) is 0 Å². The van der Waals surface area contributed by atoms with Crippen molar-refractivity contribution in [3.05, 3.63) is 40.4 Å². The van der Waals surface area contributed by atoms with Gasteiger partial charge in [0.25, 0.3) is 5.91 Å². The highest BCUT2D eigenvalue weighted by Crippen LogP contribution is 2.25. The molecule has 1 aliphatic heterocycles. The molecule has 3 rings (SSSR count). The molecule has 0 bridgehead atoms. The highest BCUT2D eigenvalue weighted by Gasteiger charge is 2.24. The van der Waals surface area contributed by atoms with E-state index < -0.39 is 0 Å². The van der Waals surface area contributed by atoms with Gasteiger partial charge in [-0.15, -0.1) is 11.3 Å². The van der Waals surface area contributed by atoms with E-state index in [2.05, 4.69) is 10.3 Å². The maximum Gasteiger partial charge on any atom is 0.271 e. The number of benzene rings is 1. The number of ether oxygens (including phenoxy) is 1. The van der Waals surface area contributed by atoms with Gasteiger partial charge in [-0.05, 0) is 31.9 Å². The van der Waals surface area contributed by atoms with E-state index in [1.165, 1.54) is 11.3 Å². The van der Waals surface area contributed by atoms with Crippen LogP contribution in [-0.4, -0.2) is 29.6 Å². The molecule has 1 N–H and O–H groups in total. The lowest BCUT2D eigenvalue weighted by atomic mass is 10.1. The molecule has 2 atom stereocenters. The van der Waals surface area contributed by atoms with E-state index in [1.807, 2.05) is 31.2 Å². The van der Waals surface area contributed by atoms with Crippen LogP contribution < -0.4 is 5.32 Å². The molecule has 1 amide bonds. The van der Waals surface area contributed by atoms with Gasteiger partial charge in [0.15, 0.2) is 0 Å². The van der Waals surface area contributed by atoms with E-state index in [9.17, 15) is 4.79 Å². The molecule has 116 valence electrons. The second kappa shape index (κ2) is 6.77. The normalized spacial score (nSPS) is 19.1. The third-order valence-electron chi connectivity index (χ3n) is 3.71. The molecular weight excluding hydrogens is 320 g/mol. The molecule has 0 spiro atoms. The summed E-state index contributed by atoms with van der Waals surface area (Å²) in [5.41, 5.74) is 1.40. The minimum Gasteiger partial charge on any atom is -0.376 e. The lowest BCUT2D eigenvalue weighted by Crippen LogP contribution is -2.40. The maximum absolute atomic E-state index is 12.3. The first kappa shape index (κ1) is 15.5. The summed E-state index contributed by atoms with van der Waals surface area (Å²) in [5.74, 6) is -0.153. The number of amides is 1. The number of nitrogens with zero attached hydrogens (tertiary/aromatic N) is 1. The van der Waals surface area contributed by atoms with E-state index in [0.717, 1.165) is 30.0 Å². The fraction of sp³-hybridized carbons (Fsp3) is 0.375. The van der Waals surface area contributed by atoms with Crippen molar-refractivity contribution in [3.8, 4) is 10.6 Å². The van der Waals surface area contributed by atoms with Gasteiger partial charge >= 0.3 is 0 Å². The lowest BCUT2D eigenvalue weighted by Gasteiger charge is -2.19. The molecule has 1 aromatic heterocycles. The molecule has 1 saturated heterocycles. The molecule has 0 saturated carbocycles. The molecule has 1 fully saturated rings. The van der Waals surface area contributed by atoms with Gasteiger partial charge in [0.2, 0.25) is 0 Å². The summed E-state index contributed by atoms with van der Waals surface area (Å²) in [6.07, 6.45) is 2.16. The molecule has 0 radical (unpaired) electrons. The Hall–Kier alpha value is -1.43. The van der Waals surface area contributed by atoms with Gasteiger partial charge in [-0.1, -0.05) is 23.7 Å². The molecule has 1 aliphatic rings. The van der Waals surface area contributed by atoms with E-state index >= 15 is 0 Å². The highest BCUT2D eigenvalue weighted by molar-refractivity contribution is 7.13. The summed E-state index contributed by atoms with van der Waals surface area (Å²) < 4.78 is 5.59. The van der Waals surface area contributed by atoms with Crippen LogP contribution in [0.15, 0.2) is 29.6 Å². The number of carbonyl (C=O) groups is 1. The summed E-state index contributed by atoms with van der Waals surface area (Å²) in [6, 6.07) is 7.43. The molecule has 2 heterocycles. The predicted molar refractivity (Wildman–Crippen MR) is 88.5 cm³/mol. The number of aromatic nitrogens is 1. The average molecular weight is 337 g/mol. The van der Waals surface area contributed by atoms with Crippen molar-refractivity contribution in [2.24, 2.45) is 0 Å². The van der Waals surface area contributed by atoms with Crippen molar-refractivity contribution in [3.63, 3.8) is 0 Å². The Morgan fingerprint density at radius 1 is 1.45 bits per heavy atom. The molecule has 4 nitrogen and oxygen atoms in total. The van der Waals surface area contributed by atoms with Crippen LogP contribution in [0.25, 0.3) is 10.6 Å². The van der Waals surface area contributed by atoms with Crippen LogP contribution in [-0.2, 0) is 4.74 Å². The summed E-state index contributed by atoms with van der Waals surface area (Å²) >= 11 is 7.33. The van der Waals surface area contributed by atoms with Gasteiger partial charge in [-0.25, -0.2) is 4.98 Å². The zero-order valence-electron chi connectivity index (χ0n) is 12.2. The van der Waals surface area contributed by atoms with Crippen LogP contribution in [0.4, 0.5) is 0 Å². The Morgan fingerprint density at radius 2 is 2.23 bits per heavy atom. The number of thiazole rings is 1. The molecule has 2 aromatic rings. The third-order valence-corrected chi connectivity index (χ3v) is 4.85. The fourth-order valence-corrected chi connectivity index (χ4v) is 3.41. The van der Waals surface area contributed by atoms with Crippen molar-refractivity contribution in [1.82, 2.24) is 10.3 Å². The van der Waals surface area contributed by atoms with E-state index in [0.29, 0.717) is 10.7 Å². The van der Waals surface area contributed by atoms with E-state index in [-0.39, 0.29) is 18.1 Å². The van der Waals surface area contributed by atoms with Crippen LogP contribution in [0.3, 0.4) is 0 Å². The van der Waals surface area contributed by atoms with Gasteiger partial charge in [0.05, 0.1) is 12.1 Å². The van der Waals surface area contributed by atoms with Crippen molar-refractivity contribution >= 4 is 28.8 Å². The summed E-state index contributed by atoms with van der Waals surface area (Å²) in [6.45, 7) is 2.75. The first-order valence-electron chi connectivity index (χ1n) is 7.27. The minimum atomic E-state index is -0.153. The average Bonchev–Trinajstić information content (AvgIpc) is 3.20. The number of nitrogens with one attached hydrogen (secondary N) is 1. The zero-order valence-corrected chi connectivity index (χ0v) is 13.8. The first-order valence-corrected chi connectivity index (χ1v) is 8.53. The Balaban J connectivity index is 1.67. The molecule has 22 heavy (non-hydrogen) atoms. The number of hydrogen-bond donors (Lipinski definition) is 1. The number of hydrogen-bond acceptors (Lipinski definition) is 4. The van der Waals surface area contributed by atoms with Gasteiger partial charge in [-0.2, -0.15) is 0 Å².